The Labute approximate surface area is 139 Å². The van der Waals surface area contributed by atoms with Crippen molar-refractivity contribution in [3.63, 3.8) is 0 Å². The molecule has 0 radical (unpaired) electrons. The summed E-state index contributed by atoms with van der Waals surface area (Å²) < 4.78 is 13.1. The van der Waals surface area contributed by atoms with Crippen LogP contribution in [0.3, 0.4) is 0 Å². The summed E-state index contributed by atoms with van der Waals surface area (Å²) in [5.41, 5.74) is 2.42. The van der Waals surface area contributed by atoms with Crippen LogP contribution in [0.5, 0.6) is 0 Å². The maximum Gasteiger partial charge on any atom is 0.264 e. The van der Waals surface area contributed by atoms with Crippen LogP contribution >= 0.6 is 11.3 Å². The third-order valence-electron chi connectivity index (χ3n) is 4.98. The number of amides is 1. The Bertz CT molecular complexity index is 698. The molecule has 2 aromatic rings. The first-order valence-corrected chi connectivity index (χ1v) is 9.22. The first-order valence-electron chi connectivity index (χ1n) is 8.40. The van der Waals surface area contributed by atoms with E-state index < -0.39 is 0 Å². The number of benzene rings is 1. The van der Waals surface area contributed by atoms with Gasteiger partial charge < -0.3 is 4.90 Å². The highest BCUT2D eigenvalue weighted by Gasteiger charge is 2.32. The minimum atomic E-state index is -0.226. The second-order valence-corrected chi connectivity index (χ2v) is 7.61. The van der Waals surface area contributed by atoms with Crippen LogP contribution in [0.15, 0.2) is 30.3 Å². The summed E-state index contributed by atoms with van der Waals surface area (Å²) in [5, 5.41) is 0. The van der Waals surface area contributed by atoms with Crippen molar-refractivity contribution in [2.75, 3.05) is 6.54 Å². The molecular formula is C19H20FNOS. The minimum absolute atomic E-state index is 0.0854. The number of rotatable bonds is 2. The first kappa shape index (κ1) is 14.9. The molecule has 0 N–H and O–H groups in total. The number of likely N-dealkylation sites (tertiary alicyclic amines) is 1. The molecule has 0 spiro atoms. The van der Waals surface area contributed by atoms with Gasteiger partial charge in [0.1, 0.15) is 5.82 Å². The lowest BCUT2D eigenvalue weighted by Crippen LogP contribution is -2.29. The molecule has 1 aromatic carbocycles. The summed E-state index contributed by atoms with van der Waals surface area (Å²) in [5.74, 6) is -0.0771. The van der Waals surface area contributed by atoms with E-state index in [4.69, 9.17) is 0 Å². The third-order valence-corrected chi connectivity index (χ3v) is 6.20. The average molecular weight is 329 g/mol. The van der Waals surface area contributed by atoms with E-state index in [1.54, 1.807) is 11.3 Å². The number of halogens is 1. The Balaban J connectivity index is 1.59. The molecule has 0 saturated carbocycles. The van der Waals surface area contributed by atoms with Crippen molar-refractivity contribution in [1.29, 1.82) is 0 Å². The fourth-order valence-electron chi connectivity index (χ4n) is 3.78. The van der Waals surface area contributed by atoms with Crippen molar-refractivity contribution in [2.24, 2.45) is 0 Å². The fraction of sp³-hybridized carbons (Fsp3) is 0.421. The van der Waals surface area contributed by atoms with Crippen LogP contribution in [-0.4, -0.2) is 17.4 Å². The Morgan fingerprint density at radius 1 is 1.13 bits per heavy atom. The van der Waals surface area contributed by atoms with Gasteiger partial charge in [0.05, 0.1) is 10.9 Å². The van der Waals surface area contributed by atoms with Gasteiger partial charge in [0, 0.05) is 11.4 Å². The van der Waals surface area contributed by atoms with E-state index in [9.17, 15) is 9.18 Å². The maximum atomic E-state index is 13.1. The van der Waals surface area contributed by atoms with Crippen LogP contribution in [0.1, 0.15) is 57.4 Å². The quantitative estimate of drug-likeness (QED) is 0.779. The van der Waals surface area contributed by atoms with E-state index in [0.717, 1.165) is 42.7 Å². The van der Waals surface area contributed by atoms with Crippen LogP contribution in [0.4, 0.5) is 4.39 Å². The Hall–Kier alpha value is -1.68. The molecular weight excluding hydrogens is 309 g/mol. The van der Waals surface area contributed by atoms with Gasteiger partial charge in [-0.2, -0.15) is 0 Å². The summed E-state index contributed by atoms with van der Waals surface area (Å²) in [6, 6.07) is 8.79. The summed E-state index contributed by atoms with van der Waals surface area (Å²) in [7, 11) is 0. The molecule has 4 heteroatoms. The van der Waals surface area contributed by atoms with E-state index in [1.807, 2.05) is 17.0 Å². The lowest BCUT2D eigenvalue weighted by atomic mass is 9.99. The molecule has 2 nitrogen and oxygen atoms in total. The second-order valence-electron chi connectivity index (χ2n) is 6.47. The van der Waals surface area contributed by atoms with Crippen molar-refractivity contribution >= 4 is 17.2 Å². The number of aryl methyl sites for hydroxylation is 2. The second kappa shape index (κ2) is 6.08. The number of hydrogen-bond donors (Lipinski definition) is 0. The van der Waals surface area contributed by atoms with Gasteiger partial charge in [0.2, 0.25) is 0 Å². The van der Waals surface area contributed by atoms with Gasteiger partial charge in [-0.3, -0.25) is 4.79 Å². The summed E-state index contributed by atoms with van der Waals surface area (Å²) in [6.07, 6.45) is 6.68. The summed E-state index contributed by atoms with van der Waals surface area (Å²) in [6.45, 7) is 0.795. The number of carbonyl (C=O) groups is 1. The van der Waals surface area contributed by atoms with Gasteiger partial charge >= 0.3 is 0 Å². The molecule has 1 aliphatic carbocycles. The molecule has 1 saturated heterocycles. The normalized spacial score (nSPS) is 20.6. The molecule has 1 aliphatic heterocycles. The van der Waals surface area contributed by atoms with E-state index in [1.165, 1.54) is 35.4 Å². The van der Waals surface area contributed by atoms with Crippen molar-refractivity contribution < 1.29 is 9.18 Å². The average Bonchev–Trinajstić information content (AvgIpc) is 3.21. The molecule has 4 rings (SSSR count). The first-order chi connectivity index (χ1) is 11.2. The highest BCUT2D eigenvalue weighted by molar-refractivity contribution is 7.14. The fourth-order valence-corrected chi connectivity index (χ4v) is 4.99. The number of thiophene rings is 1. The zero-order valence-electron chi connectivity index (χ0n) is 13.1. The number of fused-ring (bicyclic) bond motifs is 1. The van der Waals surface area contributed by atoms with Gasteiger partial charge in [0.25, 0.3) is 5.91 Å². The van der Waals surface area contributed by atoms with Crippen LogP contribution in [-0.2, 0) is 12.8 Å². The van der Waals surface area contributed by atoms with Crippen molar-refractivity contribution in [3.8, 4) is 0 Å². The van der Waals surface area contributed by atoms with Gasteiger partial charge in [-0.05, 0) is 67.9 Å². The van der Waals surface area contributed by atoms with Gasteiger partial charge in [-0.1, -0.05) is 12.1 Å². The van der Waals surface area contributed by atoms with E-state index in [-0.39, 0.29) is 17.8 Å². The highest BCUT2D eigenvalue weighted by Crippen LogP contribution is 2.36. The minimum Gasteiger partial charge on any atom is -0.331 e. The Morgan fingerprint density at radius 2 is 1.91 bits per heavy atom. The smallest absolute Gasteiger partial charge is 0.264 e. The molecule has 1 fully saturated rings. The zero-order valence-corrected chi connectivity index (χ0v) is 13.9. The highest BCUT2D eigenvalue weighted by atomic mass is 32.1. The van der Waals surface area contributed by atoms with Crippen molar-refractivity contribution in [2.45, 2.75) is 44.6 Å². The van der Waals surface area contributed by atoms with E-state index in [2.05, 4.69) is 6.07 Å². The van der Waals surface area contributed by atoms with Crippen LogP contribution in [0, 0.1) is 5.82 Å². The molecule has 1 atom stereocenters. The number of hydrogen-bond acceptors (Lipinski definition) is 2. The van der Waals surface area contributed by atoms with Crippen LogP contribution < -0.4 is 0 Å². The van der Waals surface area contributed by atoms with Crippen molar-refractivity contribution in [3.05, 3.63) is 57.0 Å². The standard InChI is InChI=1S/C19H20FNOS/c20-15-9-7-13(8-10-15)16-5-3-11-21(16)19(22)18-12-14-4-1-2-6-17(14)23-18/h7-10,12,16H,1-6,11H2. The summed E-state index contributed by atoms with van der Waals surface area (Å²) >= 11 is 1.68. The number of carbonyl (C=O) groups excluding carboxylic acids is 1. The SMILES string of the molecule is O=C(c1cc2c(s1)CCCC2)N1CCCC1c1ccc(F)cc1. The molecule has 2 aliphatic rings. The van der Waals surface area contributed by atoms with Gasteiger partial charge in [0.15, 0.2) is 0 Å². The topological polar surface area (TPSA) is 20.3 Å². The predicted molar refractivity (Wildman–Crippen MR) is 90.4 cm³/mol. The molecule has 1 unspecified atom stereocenters. The van der Waals surface area contributed by atoms with E-state index in [0.29, 0.717) is 0 Å². The Kier molecular flexibility index (Phi) is 3.93. The lowest BCUT2D eigenvalue weighted by Gasteiger charge is -2.24. The lowest BCUT2D eigenvalue weighted by molar-refractivity contribution is 0.0740. The zero-order chi connectivity index (χ0) is 15.8. The number of nitrogens with zero attached hydrogens (tertiary/aromatic N) is 1. The Morgan fingerprint density at radius 3 is 2.70 bits per heavy atom. The van der Waals surface area contributed by atoms with Crippen molar-refractivity contribution in [1.82, 2.24) is 4.90 Å². The monoisotopic (exact) mass is 329 g/mol. The molecule has 23 heavy (non-hydrogen) atoms. The third kappa shape index (κ3) is 2.80. The maximum absolute atomic E-state index is 13.1. The molecule has 0 bridgehead atoms. The van der Waals surface area contributed by atoms with Crippen LogP contribution in [0.2, 0.25) is 0 Å². The predicted octanol–water partition coefficient (Wildman–Crippen LogP) is 4.74. The molecule has 1 aromatic heterocycles. The van der Waals surface area contributed by atoms with Gasteiger partial charge in [-0.25, -0.2) is 4.39 Å². The molecule has 2 heterocycles. The van der Waals surface area contributed by atoms with E-state index >= 15 is 0 Å². The largest absolute Gasteiger partial charge is 0.331 e. The van der Waals surface area contributed by atoms with Gasteiger partial charge in [-0.15, -0.1) is 11.3 Å². The molecule has 1 amide bonds. The summed E-state index contributed by atoms with van der Waals surface area (Å²) in [4.78, 5) is 17.2. The molecule has 120 valence electrons. The van der Waals surface area contributed by atoms with Crippen LogP contribution in [0.25, 0.3) is 0 Å².